The lowest BCUT2D eigenvalue weighted by Gasteiger charge is -2.26. The number of hydrogen-bond donors (Lipinski definition) is 2. The third kappa shape index (κ3) is 5.03. The summed E-state index contributed by atoms with van der Waals surface area (Å²) in [6.45, 7) is 3.00. The van der Waals surface area contributed by atoms with Crippen LogP contribution in [-0.4, -0.2) is 39.4 Å². The summed E-state index contributed by atoms with van der Waals surface area (Å²) in [6, 6.07) is 12.6. The smallest absolute Gasteiger partial charge is 0.337 e. The fraction of sp³-hybridized carbons (Fsp3) is 0.300. The lowest BCUT2D eigenvalue weighted by molar-refractivity contribution is 0.0607. The van der Waals surface area contributed by atoms with Gasteiger partial charge in [-0.1, -0.05) is 46.6 Å². The molecule has 1 aliphatic carbocycles. The van der Waals surface area contributed by atoms with Gasteiger partial charge < -0.3 is 24.4 Å². The van der Waals surface area contributed by atoms with Crippen LogP contribution in [0.15, 0.2) is 59.4 Å². The topological polar surface area (TPSA) is 109 Å². The Morgan fingerprint density at radius 2 is 2.00 bits per heavy atom. The highest BCUT2D eigenvalue weighted by molar-refractivity contribution is 6.33. The van der Waals surface area contributed by atoms with Gasteiger partial charge >= 0.3 is 5.97 Å². The first-order valence-electron chi connectivity index (χ1n) is 13.1. The highest BCUT2D eigenvalue weighted by Gasteiger charge is 2.40. The Bertz CT molecular complexity index is 1580. The molecule has 0 radical (unpaired) electrons. The number of nitrogens with zero attached hydrogens (tertiary/aromatic N) is 3. The standard InChI is InChI=1S/C30H27Cl2N3O5/c1-17-3-2-4-24(31)26(17)27-22(28(40-34-27)18-5-6-18)15-39-21-7-8-23(25(32)12-21)30(38)9-10-35(16-30)20-11-19(29(36)37)13-33-14-20/h2-4,7-8,11-14,18,38H,5-6,9-10,15-16H2,1H3,(H,36,37). The molecule has 2 aromatic heterocycles. The van der Waals surface area contributed by atoms with Crippen LogP contribution in [0.4, 0.5) is 5.69 Å². The van der Waals surface area contributed by atoms with Gasteiger partial charge in [0.25, 0.3) is 0 Å². The van der Waals surface area contributed by atoms with Crippen LogP contribution in [0.3, 0.4) is 0 Å². The molecule has 4 aromatic rings. The van der Waals surface area contributed by atoms with Crippen LogP contribution in [0, 0.1) is 6.92 Å². The first kappa shape index (κ1) is 26.6. The van der Waals surface area contributed by atoms with Crippen molar-refractivity contribution in [3.05, 3.63) is 92.9 Å². The highest BCUT2D eigenvalue weighted by Crippen LogP contribution is 2.46. The number of aromatic carboxylic acids is 1. The number of ether oxygens (including phenoxy) is 1. The van der Waals surface area contributed by atoms with Gasteiger partial charge in [-0.3, -0.25) is 4.98 Å². The van der Waals surface area contributed by atoms with Crippen molar-refractivity contribution in [1.82, 2.24) is 10.1 Å². The van der Waals surface area contributed by atoms with Gasteiger partial charge in [-0.2, -0.15) is 0 Å². The van der Waals surface area contributed by atoms with Gasteiger partial charge in [-0.15, -0.1) is 0 Å². The molecular formula is C30H27Cl2N3O5. The third-order valence-electron chi connectivity index (χ3n) is 7.63. The predicted octanol–water partition coefficient (Wildman–Crippen LogP) is 6.60. The normalized spacial score (nSPS) is 18.8. The minimum atomic E-state index is -1.21. The summed E-state index contributed by atoms with van der Waals surface area (Å²) in [4.78, 5) is 17.3. The number of benzene rings is 2. The minimum absolute atomic E-state index is 0.0954. The number of halogens is 2. The molecular weight excluding hydrogens is 553 g/mol. The van der Waals surface area contributed by atoms with E-state index in [0.29, 0.717) is 51.6 Å². The van der Waals surface area contributed by atoms with Crippen LogP contribution in [0.25, 0.3) is 11.3 Å². The summed E-state index contributed by atoms with van der Waals surface area (Å²) in [5.41, 5.74) is 3.51. The van der Waals surface area contributed by atoms with Crippen molar-refractivity contribution in [2.45, 2.75) is 44.3 Å². The van der Waals surface area contributed by atoms with Gasteiger partial charge in [0.2, 0.25) is 0 Å². The Hall–Kier alpha value is -3.59. The molecule has 0 bridgehead atoms. The number of rotatable bonds is 8. The molecule has 0 spiro atoms. The molecule has 2 fully saturated rings. The van der Waals surface area contributed by atoms with Crippen LogP contribution in [0.5, 0.6) is 5.75 Å². The lowest BCUT2D eigenvalue weighted by atomic mass is 9.93. The van der Waals surface area contributed by atoms with Crippen molar-refractivity contribution >= 4 is 34.9 Å². The van der Waals surface area contributed by atoms with E-state index in [9.17, 15) is 15.0 Å². The van der Waals surface area contributed by atoms with Gasteiger partial charge in [0.1, 0.15) is 29.4 Å². The van der Waals surface area contributed by atoms with E-state index in [1.807, 2.05) is 30.0 Å². The molecule has 1 saturated carbocycles. The molecule has 0 amide bonds. The number of anilines is 1. The van der Waals surface area contributed by atoms with Crippen LogP contribution in [-0.2, 0) is 12.2 Å². The number of aliphatic hydroxyl groups is 1. The number of carboxylic acid groups (broad SMARTS) is 1. The van der Waals surface area contributed by atoms with E-state index < -0.39 is 11.6 Å². The highest BCUT2D eigenvalue weighted by atomic mass is 35.5. The molecule has 2 aromatic carbocycles. The monoisotopic (exact) mass is 579 g/mol. The van der Waals surface area contributed by atoms with E-state index in [1.165, 1.54) is 6.20 Å². The van der Waals surface area contributed by atoms with Crippen LogP contribution >= 0.6 is 23.2 Å². The quantitative estimate of drug-likeness (QED) is 0.240. The van der Waals surface area contributed by atoms with Crippen LogP contribution in [0.2, 0.25) is 10.0 Å². The molecule has 206 valence electrons. The van der Waals surface area contributed by atoms with E-state index in [2.05, 4.69) is 10.1 Å². The summed E-state index contributed by atoms with van der Waals surface area (Å²) in [5.74, 6) is 0.667. The zero-order chi connectivity index (χ0) is 28.0. The molecule has 1 aliphatic heterocycles. The second-order valence-electron chi connectivity index (χ2n) is 10.5. The zero-order valence-corrected chi connectivity index (χ0v) is 23.2. The second kappa shape index (κ2) is 10.4. The van der Waals surface area contributed by atoms with Gasteiger partial charge in [-0.05, 0) is 56.0 Å². The van der Waals surface area contributed by atoms with E-state index in [4.69, 9.17) is 32.5 Å². The van der Waals surface area contributed by atoms with Crippen molar-refractivity contribution < 1.29 is 24.3 Å². The number of hydrogen-bond acceptors (Lipinski definition) is 7. The average Bonchev–Trinajstić information content (AvgIpc) is 3.57. The number of carboxylic acids is 1. The van der Waals surface area contributed by atoms with Crippen LogP contribution < -0.4 is 9.64 Å². The van der Waals surface area contributed by atoms with E-state index in [0.717, 1.165) is 35.3 Å². The first-order valence-corrected chi connectivity index (χ1v) is 13.8. The van der Waals surface area contributed by atoms with Crippen molar-refractivity contribution in [2.75, 3.05) is 18.0 Å². The van der Waals surface area contributed by atoms with E-state index in [1.54, 1.807) is 30.5 Å². The fourth-order valence-corrected chi connectivity index (χ4v) is 5.98. The second-order valence-corrected chi connectivity index (χ2v) is 11.3. The summed E-state index contributed by atoms with van der Waals surface area (Å²) in [6.07, 6.45) is 5.42. The van der Waals surface area contributed by atoms with Gasteiger partial charge in [0, 0.05) is 29.8 Å². The molecule has 1 atom stereocenters. The number of β-amino-alcohol motifs (C(OH)–C–C–N with tert-alkyl or cyclic N) is 1. The Morgan fingerprint density at radius 3 is 2.73 bits per heavy atom. The molecule has 3 heterocycles. The Kier molecular flexibility index (Phi) is 6.94. The predicted molar refractivity (Wildman–Crippen MR) is 151 cm³/mol. The first-order chi connectivity index (χ1) is 19.2. The largest absolute Gasteiger partial charge is 0.489 e. The number of aryl methyl sites for hydroxylation is 1. The maximum absolute atomic E-state index is 11.5. The summed E-state index contributed by atoms with van der Waals surface area (Å²) in [7, 11) is 0. The number of carbonyl (C=O) groups is 1. The summed E-state index contributed by atoms with van der Waals surface area (Å²) < 4.78 is 12.0. The Labute approximate surface area is 241 Å². The van der Waals surface area contributed by atoms with Crippen molar-refractivity contribution in [1.29, 1.82) is 0 Å². The number of aromatic nitrogens is 2. The fourth-order valence-electron chi connectivity index (χ4n) is 5.33. The maximum atomic E-state index is 11.5. The molecule has 8 nitrogen and oxygen atoms in total. The van der Waals surface area contributed by atoms with Crippen molar-refractivity contribution in [2.24, 2.45) is 0 Å². The SMILES string of the molecule is Cc1cccc(Cl)c1-c1noc(C2CC2)c1COc1ccc(C2(O)CCN(c3cncc(C(=O)O)c3)C2)c(Cl)c1. The Balaban J connectivity index is 1.21. The van der Waals surface area contributed by atoms with E-state index >= 15 is 0 Å². The molecule has 40 heavy (non-hydrogen) atoms. The molecule has 1 saturated heterocycles. The van der Waals surface area contributed by atoms with Gasteiger partial charge in [-0.25, -0.2) is 4.79 Å². The average molecular weight is 580 g/mol. The maximum Gasteiger partial charge on any atom is 0.337 e. The lowest BCUT2D eigenvalue weighted by Crippen LogP contribution is -2.31. The molecule has 2 N–H and O–H groups in total. The number of pyridine rings is 1. The molecule has 1 unspecified atom stereocenters. The molecule has 10 heteroatoms. The molecule has 2 aliphatic rings. The van der Waals surface area contributed by atoms with E-state index in [-0.39, 0.29) is 18.7 Å². The molecule has 6 rings (SSSR count). The van der Waals surface area contributed by atoms with Crippen molar-refractivity contribution in [3.63, 3.8) is 0 Å². The Morgan fingerprint density at radius 1 is 1.18 bits per heavy atom. The third-order valence-corrected chi connectivity index (χ3v) is 8.26. The van der Waals surface area contributed by atoms with Gasteiger partial charge in [0.15, 0.2) is 0 Å². The minimum Gasteiger partial charge on any atom is -0.489 e. The van der Waals surface area contributed by atoms with Crippen LogP contribution in [0.1, 0.15) is 58.0 Å². The van der Waals surface area contributed by atoms with Crippen molar-refractivity contribution in [3.8, 4) is 17.0 Å². The summed E-state index contributed by atoms with van der Waals surface area (Å²) >= 11 is 13.2. The van der Waals surface area contributed by atoms with Gasteiger partial charge in [0.05, 0.1) is 39.6 Å². The zero-order valence-electron chi connectivity index (χ0n) is 21.7. The summed E-state index contributed by atoms with van der Waals surface area (Å²) in [5, 5.41) is 26.2.